The molecule has 0 spiro atoms. The molecular weight excluding hydrogens is 276 g/mol. The van der Waals surface area contributed by atoms with Crippen LogP contribution in [-0.2, 0) is 16.0 Å². The molecule has 108 valence electrons. The molecule has 4 nitrogen and oxygen atoms in total. The fourth-order valence-corrected chi connectivity index (χ4v) is 2.38. The number of halogens is 1. The summed E-state index contributed by atoms with van der Waals surface area (Å²) in [6.07, 6.45) is 3.69. The van der Waals surface area contributed by atoms with E-state index in [9.17, 15) is 9.59 Å². The van der Waals surface area contributed by atoms with Crippen molar-refractivity contribution in [2.24, 2.45) is 0 Å². The van der Waals surface area contributed by atoms with Gasteiger partial charge >= 0.3 is 0 Å². The van der Waals surface area contributed by atoms with Crippen LogP contribution in [0.5, 0.6) is 0 Å². The Morgan fingerprint density at radius 2 is 2.05 bits per heavy atom. The molecule has 1 saturated heterocycles. The van der Waals surface area contributed by atoms with Crippen molar-refractivity contribution in [2.45, 2.75) is 38.1 Å². The van der Waals surface area contributed by atoms with E-state index in [0.717, 1.165) is 24.8 Å². The standard InChI is InChI=1S/C15H19ClN2O2/c16-12-7-4-11(5-8-12)6-9-14(19)18-13-3-1-2-10-17-15(13)20/h4-5,7-8,13H,1-3,6,9-10H2,(H,17,20)(H,18,19)/t13-/m0/s1. The number of rotatable bonds is 4. The molecule has 1 aromatic carbocycles. The Bertz CT molecular complexity index is 473. The molecular formula is C15H19ClN2O2. The lowest BCUT2D eigenvalue weighted by Crippen LogP contribution is -2.45. The Kier molecular flexibility index (Phi) is 5.41. The number of benzene rings is 1. The van der Waals surface area contributed by atoms with Crippen LogP contribution in [0.25, 0.3) is 0 Å². The molecule has 5 heteroatoms. The maximum absolute atomic E-state index is 11.9. The summed E-state index contributed by atoms with van der Waals surface area (Å²) < 4.78 is 0. The van der Waals surface area contributed by atoms with E-state index in [1.165, 1.54) is 0 Å². The summed E-state index contributed by atoms with van der Waals surface area (Å²) >= 11 is 5.81. The van der Waals surface area contributed by atoms with Gasteiger partial charge in [-0.3, -0.25) is 9.59 Å². The summed E-state index contributed by atoms with van der Waals surface area (Å²) in [4.78, 5) is 23.6. The summed E-state index contributed by atoms with van der Waals surface area (Å²) in [5.41, 5.74) is 1.06. The summed E-state index contributed by atoms with van der Waals surface area (Å²) in [5, 5.41) is 6.31. The maximum atomic E-state index is 11.9. The maximum Gasteiger partial charge on any atom is 0.242 e. The van der Waals surface area contributed by atoms with Crippen molar-refractivity contribution in [1.29, 1.82) is 0 Å². The molecule has 1 fully saturated rings. The number of hydrogen-bond acceptors (Lipinski definition) is 2. The van der Waals surface area contributed by atoms with E-state index in [0.29, 0.717) is 24.4 Å². The lowest BCUT2D eigenvalue weighted by molar-refractivity contribution is -0.128. The summed E-state index contributed by atoms with van der Waals surface area (Å²) in [5.74, 6) is -0.149. The van der Waals surface area contributed by atoms with Gasteiger partial charge in [0.2, 0.25) is 11.8 Å². The Labute approximate surface area is 123 Å². The average Bonchev–Trinajstić information content (AvgIpc) is 2.64. The quantitative estimate of drug-likeness (QED) is 0.893. The van der Waals surface area contributed by atoms with Gasteiger partial charge in [0.25, 0.3) is 0 Å². The van der Waals surface area contributed by atoms with Gasteiger partial charge in [0.15, 0.2) is 0 Å². The molecule has 0 radical (unpaired) electrons. The molecule has 2 rings (SSSR count). The molecule has 1 aliphatic rings. The zero-order valence-corrected chi connectivity index (χ0v) is 12.1. The zero-order chi connectivity index (χ0) is 14.4. The fourth-order valence-electron chi connectivity index (χ4n) is 2.25. The molecule has 1 aromatic rings. The van der Waals surface area contributed by atoms with E-state index in [2.05, 4.69) is 10.6 Å². The lowest BCUT2D eigenvalue weighted by atomic mass is 10.1. The third-order valence-electron chi connectivity index (χ3n) is 3.42. The first-order valence-electron chi connectivity index (χ1n) is 6.96. The molecule has 0 aliphatic carbocycles. The van der Waals surface area contributed by atoms with Gasteiger partial charge in [-0.25, -0.2) is 0 Å². The van der Waals surface area contributed by atoms with E-state index in [1.807, 2.05) is 24.3 Å². The van der Waals surface area contributed by atoms with Crippen molar-refractivity contribution in [1.82, 2.24) is 10.6 Å². The number of amides is 2. The Hall–Kier alpha value is -1.55. The van der Waals surface area contributed by atoms with Gasteiger partial charge in [0.05, 0.1) is 0 Å². The van der Waals surface area contributed by atoms with Crippen LogP contribution in [0.3, 0.4) is 0 Å². The number of hydrogen-bond donors (Lipinski definition) is 2. The molecule has 0 bridgehead atoms. The molecule has 1 atom stereocenters. The predicted octanol–water partition coefficient (Wildman–Crippen LogP) is 2.06. The Morgan fingerprint density at radius 3 is 2.80 bits per heavy atom. The van der Waals surface area contributed by atoms with Gasteiger partial charge in [-0.1, -0.05) is 23.7 Å². The van der Waals surface area contributed by atoms with Gasteiger partial charge in [-0.2, -0.15) is 0 Å². The minimum Gasteiger partial charge on any atom is -0.354 e. The van der Waals surface area contributed by atoms with E-state index in [-0.39, 0.29) is 17.9 Å². The van der Waals surface area contributed by atoms with Crippen molar-refractivity contribution in [2.75, 3.05) is 6.54 Å². The van der Waals surface area contributed by atoms with E-state index in [4.69, 9.17) is 11.6 Å². The van der Waals surface area contributed by atoms with Crippen molar-refractivity contribution in [3.05, 3.63) is 34.9 Å². The topological polar surface area (TPSA) is 58.2 Å². The highest BCUT2D eigenvalue weighted by molar-refractivity contribution is 6.30. The first kappa shape index (κ1) is 14.9. The Balaban J connectivity index is 1.79. The van der Waals surface area contributed by atoms with Gasteiger partial charge in [-0.15, -0.1) is 0 Å². The lowest BCUT2D eigenvalue weighted by Gasteiger charge is -2.15. The number of aryl methyl sites for hydroxylation is 1. The molecule has 2 amide bonds. The monoisotopic (exact) mass is 294 g/mol. The first-order chi connectivity index (χ1) is 9.65. The van der Waals surface area contributed by atoms with Gasteiger partial charge in [-0.05, 0) is 43.4 Å². The van der Waals surface area contributed by atoms with E-state index in [1.54, 1.807) is 0 Å². The summed E-state index contributed by atoms with van der Waals surface area (Å²) in [6, 6.07) is 7.07. The van der Waals surface area contributed by atoms with Gasteiger partial charge in [0.1, 0.15) is 6.04 Å². The molecule has 20 heavy (non-hydrogen) atoms. The second-order valence-corrected chi connectivity index (χ2v) is 5.47. The number of carbonyl (C=O) groups excluding carboxylic acids is 2. The third kappa shape index (κ3) is 4.53. The van der Waals surface area contributed by atoms with Crippen LogP contribution >= 0.6 is 11.6 Å². The molecule has 1 aliphatic heterocycles. The van der Waals surface area contributed by atoms with Crippen LogP contribution in [0.15, 0.2) is 24.3 Å². The molecule has 0 aromatic heterocycles. The number of nitrogens with one attached hydrogen (secondary N) is 2. The highest BCUT2D eigenvalue weighted by Crippen LogP contribution is 2.11. The second kappa shape index (κ2) is 7.29. The average molecular weight is 295 g/mol. The largest absolute Gasteiger partial charge is 0.354 e. The van der Waals surface area contributed by atoms with Crippen LogP contribution in [0.2, 0.25) is 5.02 Å². The van der Waals surface area contributed by atoms with Crippen LogP contribution in [0.4, 0.5) is 0 Å². The van der Waals surface area contributed by atoms with Crippen LogP contribution in [-0.4, -0.2) is 24.4 Å². The van der Waals surface area contributed by atoms with Gasteiger partial charge in [0, 0.05) is 18.0 Å². The van der Waals surface area contributed by atoms with Gasteiger partial charge < -0.3 is 10.6 Å². The first-order valence-corrected chi connectivity index (χ1v) is 7.34. The number of carbonyl (C=O) groups is 2. The summed E-state index contributed by atoms with van der Waals surface area (Å²) in [6.45, 7) is 0.704. The van der Waals surface area contributed by atoms with E-state index < -0.39 is 0 Å². The molecule has 1 heterocycles. The normalized spacial score (nSPS) is 19.1. The van der Waals surface area contributed by atoms with Crippen LogP contribution in [0, 0.1) is 0 Å². The smallest absolute Gasteiger partial charge is 0.242 e. The van der Waals surface area contributed by atoms with Crippen molar-refractivity contribution >= 4 is 23.4 Å². The predicted molar refractivity (Wildman–Crippen MR) is 78.6 cm³/mol. The SMILES string of the molecule is O=C(CCc1ccc(Cl)cc1)N[C@H]1CCCCNC1=O. The highest BCUT2D eigenvalue weighted by Gasteiger charge is 2.21. The highest BCUT2D eigenvalue weighted by atomic mass is 35.5. The van der Waals surface area contributed by atoms with Crippen molar-refractivity contribution in [3.8, 4) is 0 Å². The third-order valence-corrected chi connectivity index (χ3v) is 3.68. The molecule has 0 unspecified atom stereocenters. The van der Waals surface area contributed by atoms with Crippen molar-refractivity contribution in [3.63, 3.8) is 0 Å². The second-order valence-electron chi connectivity index (χ2n) is 5.03. The zero-order valence-electron chi connectivity index (χ0n) is 11.3. The molecule has 0 saturated carbocycles. The Morgan fingerprint density at radius 1 is 1.30 bits per heavy atom. The van der Waals surface area contributed by atoms with Crippen LogP contribution < -0.4 is 10.6 Å². The van der Waals surface area contributed by atoms with E-state index >= 15 is 0 Å². The molecule has 2 N–H and O–H groups in total. The minimum atomic E-state index is -0.379. The van der Waals surface area contributed by atoms with Crippen molar-refractivity contribution < 1.29 is 9.59 Å². The minimum absolute atomic E-state index is 0.0673. The summed E-state index contributed by atoms with van der Waals surface area (Å²) in [7, 11) is 0. The van der Waals surface area contributed by atoms with Crippen LogP contribution in [0.1, 0.15) is 31.2 Å². The fraction of sp³-hybridized carbons (Fsp3) is 0.467.